The second-order valence-electron chi connectivity index (χ2n) is 6.32. The van der Waals surface area contributed by atoms with Crippen LogP contribution in [-0.2, 0) is 6.54 Å². The Hall–Kier alpha value is -2.86. The molecule has 1 fully saturated rings. The van der Waals surface area contributed by atoms with Gasteiger partial charge in [0.15, 0.2) is 0 Å². The summed E-state index contributed by atoms with van der Waals surface area (Å²) in [6, 6.07) is 14.8. The monoisotopic (exact) mass is 338 g/mol. The van der Waals surface area contributed by atoms with Gasteiger partial charge >= 0.3 is 6.03 Å². The van der Waals surface area contributed by atoms with E-state index in [1.807, 2.05) is 38.4 Å². The Labute approximate surface area is 147 Å². The number of rotatable bonds is 5. The molecule has 130 valence electrons. The van der Waals surface area contributed by atoms with Gasteiger partial charge in [-0.3, -0.25) is 9.69 Å². The van der Waals surface area contributed by atoms with E-state index >= 15 is 0 Å². The van der Waals surface area contributed by atoms with Crippen LogP contribution in [0.4, 0.5) is 16.2 Å². The van der Waals surface area contributed by atoms with Crippen LogP contribution in [0.15, 0.2) is 48.5 Å². The summed E-state index contributed by atoms with van der Waals surface area (Å²) in [5.41, 5.74) is 3.26. The van der Waals surface area contributed by atoms with Crippen LogP contribution in [0.3, 0.4) is 0 Å². The van der Waals surface area contributed by atoms with Crippen LogP contribution in [-0.4, -0.2) is 44.0 Å². The van der Waals surface area contributed by atoms with E-state index in [2.05, 4.69) is 15.5 Å². The summed E-state index contributed by atoms with van der Waals surface area (Å²) in [6.45, 7) is 2.10. The van der Waals surface area contributed by atoms with E-state index in [0.717, 1.165) is 23.5 Å². The van der Waals surface area contributed by atoms with E-state index in [4.69, 9.17) is 0 Å². The molecule has 0 radical (unpaired) electrons. The summed E-state index contributed by atoms with van der Waals surface area (Å²) < 4.78 is 0. The average Bonchev–Trinajstić information content (AvgIpc) is 3.01. The first kappa shape index (κ1) is 17.0. The molecule has 25 heavy (non-hydrogen) atoms. The molecule has 3 rings (SSSR count). The van der Waals surface area contributed by atoms with Crippen LogP contribution in [0, 0.1) is 0 Å². The number of nitrogens with one attached hydrogen (secondary N) is 2. The van der Waals surface area contributed by atoms with E-state index in [0.29, 0.717) is 18.7 Å². The van der Waals surface area contributed by atoms with Gasteiger partial charge in [-0.05, 0) is 56.1 Å². The lowest BCUT2D eigenvalue weighted by Crippen LogP contribution is -2.27. The molecule has 0 aromatic heterocycles. The van der Waals surface area contributed by atoms with Crippen molar-refractivity contribution in [2.45, 2.75) is 6.54 Å². The molecular weight excluding hydrogens is 316 g/mol. The van der Waals surface area contributed by atoms with Gasteiger partial charge in [0.1, 0.15) is 0 Å². The number of amides is 3. The highest BCUT2D eigenvalue weighted by molar-refractivity contribution is 6.04. The van der Waals surface area contributed by atoms with Gasteiger partial charge < -0.3 is 15.5 Å². The third-order valence-corrected chi connectivity index (χ3v) is 3.98. The van der Waals surface area contributed by atoms with Crippen LogP contribution in [0.1, 0.15) is 15.9 Å². The molecule has 1 saturated heterocycles. The van der Waals surface area contributed by atoms with Crippen LogP contribution in [0.2, 0.25) is 0 Å². The highest BCUT2D eigenvalue weighted by Gasteiger charge is 2.21. The molecule has 3 amide bonds. The van der Waals surface area contributed by atoms with E-state index in [1.54, 1.807) is 29.2 Å². The predicted octanol–water partition coefficient (Wildman–Crippen LogP) is 2.53. The molecule has 2 aromatic rings. The molecule has 1 aliphatic heterocycles. The van der Waals surface area contributed by atoms with Crippen LogP contribution < -0.4 is 15.5 Å². The van der Waals surface area contributed by atoms with Gasteiger partial charge in [0.25, 0.3) is 5.91 Å². The Balaban J connectivity index is 1.68. The second-order valence-corrected chi connectivity index (χ2v) is 6.32. The lowest BCUT2D eigenvalue weighted by atomic mass is 10.1. The van der Waals surface area contributed by atoms with Crippen molar-refractivity contribution >= 4 is 23.3 Å². The summed E-state index contributed by atoms with van der Waals surface area (Å²) in [5.74, 6) is -0.167. The number of hydrogen-bond acceptors (Lipinski definition) is 3. The predicted molar refractivity (Wildman–Crippen MR) is 99.0 cm³/mol. The maximum atomic E-state index is 12.4. The maximum Gasteiger partial charge on any atom is 0.321 e. The maximum absolute atomic E-state index is 12.4. The minimum absolute atomic E-state index is 0.102. The van der Waals surface area contributed by atoms with Crippen LogP contribution >= 0.6 is 0 Å². The Morgan fingerprint density at radius 1 is 1.20 bits per heavy atom. The van der Waals surface area contributed by atoms with E-state index in [9.17, 15) is 9.59 Å². The van der Waals surface area contributed by atoms with E-state index in [-0.39, 0.29) is 11.9 Å². The lowest BCUT2D eigenvalue weighted by molar-refractivity contribution is 0.102. The van der Waals surface area contributed by atoms with Crippen molar-refractivity contribution in [1.29, 1.82) is 0 Å². The van der Waals surface area contributed by atoms with Crippen molar-refractivity contribution in [2.24, 2.45) is 0 Å². The minimum Gasteiger partial charge on any atom is -0.336 e. The lowest BCUT2D eigenvalue weighted by Gasteiger charge is -2.14. The standard InChI is InChI=1S/C19H22N4O2/c1-22(2)13-14-4-3-5-16(12-14)21-18(24)15-6-8-17(9-7-15)23-11-10-20-19(23)25/h3-9,12H,10-11,13H2,1-2H3,(H,20,25)(H,21,24). The topological polar surface area (TPSA) is 64.7 Å². The van der Waals surface area contributed by atoms with E-state index in [1.165, 1.54) is 0 Å². The highest BCUT2D eigenvalue weighted by atomic mass is 16.2. The first-order valence-corrected chi connectivity index (χ1v) is 8.23. The zero-order valence-electron chi connectivity index (χ0n) is 14.5. The molecular formula is C19H22N4O2. The Bertz CT molecular complexity index is 771. The Morgan fingerprint density at radius 3 is 2.60 bits per heavy atom. The third-order valence-electron chi connectivity index (χ3n) is 3.98. The van der Waals surface area contributed by atoms with Gasteiger partial charge in [-0.25, -0.2) is 4.79 Å². The van der Waals surface area contributed by atoms with Crippen molar-refractivity contribution in [3.8, 4) is 0 Å². The fourth-order valence-electron chi connectivity index (χ4n) is 2.83. The minimum atomic E-state index is -0.167. The number of benzene rings is 2. The van der Waals surface area contributed by atoms with Gasteiger partial charge in [-0.1, -0.05) is 12.1 Å². The van der Waals surface area contributed by atoms with Crippen molar-refractivity contribution in [1.82, 2.24) is 10.2 Å². The molecule has 0 unspecified atom stereocenters. The molecule has 2 aromatic carbocycles. The van der Waals surface area contributed by atoms with Gasteiger partial charge in [0.2, 0.25) is 0 Å². The Kier molecular flexibility index (Phi) is 5.00. The summed E-state index contributed by atoms with van der Waals surface area (Å²) in [7, 11) is 4.01. The number of anilines is 2. The molecule has 0 saturated carbocycles. The molecule has 1 aliphatic rings. The normalized spacial score (nSPS) is 13.9. The molecule has 6 nitrogen and oxygen atoms in total. The highest BCUT2D eigenvalue weighted by Crippen LogP contribution is 2.18. The fourth-order valence-corrected chi connectivity index (χ4v) is 2.83. The zero-order chi connectivity index (χ0) is 17.8. The summed E-state index contributed by atoms with van der Waals surface area (Å²) >= 11 is 0. The molecule has 0 bridgehead atoms. The molecule has 0 aliphatic carbocycles. The number of hydrogen-bond donors (Lipinski definition) is 2. The van der Waals surface area contributed by atoms with Gasteiger partial charge in [-0.2, -0.15) is 0 Å². The third kappa shape index (κ3) is 4.16. The van der Waals surface area contributed by atoms with Gasteiger partial charge in [-0.15, -0.1) is 0 Å². The second kappa shape index (κ2) is 7.36. The SMILES string of the molecule is CN(C)Cc1cccc(NC(=O)c2ccc(N3CCNC3=O)cc2)c1. The molecule has 1 heterocycles. The zero-order valence-corrected chi connectivity index (χ0v) is 14.5. The smallest absolute Gasteiger partial charge is 0.321 e. The van der Waals surface area contributed by atoms with Crippen LogP contribution in [0.5, 0.6) is 0 Å². The molecule has 2 N–H and O–H groups in total. The van der Waals surface area contributed by atoms with Crippen molar-refractivity contribution in [2.75, 3.05) is 37.4 Å². The average molecular weight is 338 g/mol. The van der Waals surface area contributed by atoms with E-state index < -0.39 is 0 Å². The van der Waals surface area contributed by atoms with Crippen molar-refractivity contribution < 1.29 is 9.59 Å². The number of urea groups is 1. The van der Waals surface area contributed by atoms with Gasteiger partial charge in [0, 0.05) is 36.6 Å². The largest absolute Gasteiger partial charge is 0.336 e. The number of carbonyl (C=O) groups is 2. The quantitative estimate of drug-likeness (QED) is 0.880. The Morgan fingerprint density at radius 2 is 1.96 bits per heavy atom. The summed E-state index contributed by atoms with van der Waals surface area (Å²) in [5, 5.41) is 5.68. The molecule has 0 atom stereocenters. The van der Waals surface area contributed by atoms with Crippen molar-refractivity contribution in [3.05, 3.63) is 59.7 Å². The summed E-state index contributed by atoms with van der Waals surface area (Å²) in [4.78, 5) is 27.8. The first-order chi connectivity index (χ1) is 12.0. The number of carbonyl (C=O) groups excluding carboxylic acids is 2. The first-order valence-electron chi connectivity index (χ1n) is 8.23. The fraction of sp³-hybridized carbons (Fsp3) is 0.263. The molecule has 0 spiro atoms. The molecule has 6 heteroatoms. The number of nitrogens with zero attached hydrogens (tertiary/aromatic N) is 2. The van der Waals surface area contributed by atoms with Crippen molar-refractivity contribution in [3.63, 3.8) is 0 Å². The van der Waals surface area contributed by atoms with Gasteiger partial charge in [0.05, 0.1) is 0 Å². The van der Waals surface area contributed by atoms with Crippen LogP contribution in [0.25, 0.3) is 0 Å². The summed E-state index contributed by atoms with van der Waals surface area (Å²) in [6.07, 6.45) is 0.